The molecule has 0 rings (SSSR count). The first-order chi connectivity index (χ1) is 9.54. The second-order valence-electron chi connectivity index (χ2n) is 6.27. The van der Waals surface area contributed by atoms with Crippen molar-refractivity contribution in [2.45, 2.75) is 33.2 Å². The zero-order valence-corrected chi connectivity index (χ0v) is 15.1. The van der Waals surface area contributed by atoms with Gasteiger partial charge in [-0.3, -0.25) is 9.69 Å². The van der Waals surface area contributed by atoms with Gasteiger partial charge in [-0.15, -0.1) is 11.7 Å². The molecule has 0 fully saturated rings. The first-order valence-corrected chi connectivity index (χ1v) is 8.80. The number of hydrogen-bond acceptors (Lipinski definition) is 5. The Morgan fingerprint density at radius 3 is 2.29 bits per heavy atom. The molecule has 0 aliphatic carbocycles. The molecule has 0 unspecified atom stereocenters. The maximum atomic E-state index is 12.0. The van der Waals surface area contributed by atoms with Crippen molar-refractivity contribution < 1.29 is 14.7 Å². The molecule has 0 spiro atoms. The van der Waals surface area contributed by atoms with E-state index in [1.807, 2.05) is 0 Å². The molecule has 2 amide bonds. The molecule has 0 bridgehead atoms. The predicted molar refractivity (Wildman–Crippen MR) is 91.0 cm³/mol. The van der Waals surface area contributed by atoms with Gasteiger partial charge in [0.1, 0.15) is 5.54 Å². The van der Waals surface area contributed by atoms with E-state index >= 15 is 0 Å². The Morgan fingerprint density at radius 1 is 1.24 bits per heavy atom. The lowest BCUT2D eigenvalue weighted by molar-refractivity contribution is -0.129. The standard InChI is InChI=1S/C13H27N3O3S2/c1-12(2,9-21-20)8-14-6-7-15-10(17)13(3,4)16(5)11(18)19/h14,20H,6-9H2,1-5H3,(H,15,17)(H,18,19). The van der Waals surface area contributed by atoms with Crippen LogP contribution in [0.4, 0.5) is 4.79 Å². The lowest BCUT2D eigenvalue weighted by atomic mass is 9.96. The highest BCUT2D eigenvalue weighted by atomic mass is 33.1. The van der Waals surface area contributed by atoms with Gasteiger partial charge < -0.3 is 15.7 Å². The number of amides is 2. The van der Waals surface area contributed by atoms with E-state index in [0.717, 1.165) is 17.2 Å². The summed E-state index contributed by atoms with van der Waals surface area (Å²) in [5, 5.41) is 15.0. The van der Waals surface area contributed by atoms with Gasteiger partial charge in [0.2, 0.25) is 5.91 Å². The minimum Gasteiger partial charge on any atom is -0.465 e. The van der Waals surface area contributed by atoms with E-state index in [2.05, 4.69) is 36.1 Å². The third-order valence-corrected chi connectivity index (χ3v) is 4.63. The normalized spacial score (nSPS) is 12.1. The first-order valence-electron chi connectivity index (χ1n) is 6.77. The SMILES string of the molecule is CN(C(=O)O)C(C)(C)C(=O)NCCNCC(C)(C)CSS. The number of nitrogens with one attached hydrogen (secondary N) is 2. The monoisotopic (exact) mass is 337 g/mol. The number of carbonyl (C=O) groups excluding carboxylic acids is 1. The van der Waals surface area contributed by atoms with Crippen LogP contribution in [0.25, 0.3) is 0 Å². The molecule has 0 saturated heterocycles. The number of carbonyl (C=O) groups is 2. The van der Waals surface area contributed by atoms with Gasteiger partial charge in [0.25, 0.3) is 0 Å². The van der Waals surface area contributed by atoms with Crippen LogP contribution in [-0.2, 0) is 4.79 Å². The quantitative estimate of drug-likeness (QED) is 0.292. The Labute approximate surface area is 136 Å². The van der Waals surface area contributed by atoms with Gasteiger partial charge in [0, 0.05) is 32.4 Å². The second kappa shape index (κ2) is 8.75. The number of nitrogens with zero attached hydrogens (tertiary/aromatic N) is 1. The van der Waals surface area contributed by atoms with Crippen LogP contribution in [0.2, 0.25) is 0 Å². The van der Waals surface area contributed by atoms with Crippen LogP contribution in [-0.4, -0.2) is 60.0 Å². The number of likely N-dealkylation sites (N-methyl/N-ethyl adjacent to an activating group) is 1. The second-order valence-corrected chi connectivity index (χ2v) is 7.59. The Balaban J connectivity index is 4.08. The van der Waals surface area contributed by atoms with Crippen LogP contribution in [0.5, 0.6) is 0 Å². The lowest BCUT2D eigenvalue weighted by Crippen LogP contribution is -2.55. The van der Waals surface area contributed by atoms with Crippen LogP contribution < -0.4 is 10.6 Å². The van der Waals surface area contributed by atoms with Crippen molar-refractivity contribution in [3.8, 4) is 0 Å². The maximum Gasteiger partial charge on any atom is 0.407 e. The molecule has 21 heavy (non-hydrogen) atoms. The molecule has 0 saturated carbocycles. The highest BCUT2D eigenvalue weighted by molar-refractivity contribution is 8.68. The Kier molecular flexibility index (Phi) is 8.50. The van der Waals surface area contributed by atoms with Crippen molar-refractivity contribution in [3.05, 3.63) is 0 Å². The van der Waals surface area contributed by atoms with Crippen molar-refractivity contribution >= 4 is 34.5 Å². The molecule has 124 valence electrons. The summed E-state index contributed by atoms with van der Waals surface area (Å²) >= 11 is 4.15. The summed E-state index contributed by atoms with van der Waals surface area (Å²) < 4.78 is 0. The molecule has 0 aliphatic heterocycles. The summed E-state index contributed by atoms with van der Waals surface area (Å²) in [4.78, 5) is 23.9. The average Bonchev–Trinajstić information content (AvgIpc) is 2.36. The number of thiol groups is 1. The molecular formula is C13H27N3O3S2. The lowest BCUT2D eigenvalue weighted by Gasteiger charge is -2.32. The van der Waals surface area contributed by atoms with E-state index in [1.165, 1.54) is 17.8 Å². The van der Waals surface area contributed by atoms with E-state index in [-0.39, 0.29) is 11.3 Å². The van der Waals surface area contributed by atoms with Gasteiger partial charge in [-0.25, -0.2) is 4.79 Å². The fourth-order valence-corrected chi connectivity index (χ4v) is 3.02. The van der Waals surface area contributed by atoms with Crippen LogP contribution in [0.15, 0.2) is 0 Å². The molecular weight excluding hydrogens is 310 g/mol. The van der Waals surface area contributed by atoms with Crippen LogP contribution in [0, 0.1) is 5.41 Å². The van der Waals surface area contributed by atoms with E-state index < -0.39 is 11.6 Å². The predicted octanol–water partition coefficient (Wildman–Crippen LogP) is 1.68. The molecule has 8 heteroatoms. The van der Waals surface area contributed by atoms with Gasteiger partial charge in [-0.2, -0.15) is 0 Å². The van der Waals surface area contributed by atoms with Gasteiger partial charge in [-0.1, -0.05) is 24.6 Å². The Hall–Kier alpha value is -0.600. The summed E-state index contributed by atoms with van der Waals surface area (Å²) in [5.41, 5.74) is -0.951. The van der Waals surface area contributed by atoms with Gasteiger partial charge in [0.05, 0.1) is 0 Å². The molecule has 0 heterocycles. The minimum absolute atomic E-state index is 0.138. The van der Waals surface area contributed by atoms with Crippen molar-refractivity contribution in [2.24, 2.45) is 5.41 Å². The summed E-state index contributed by atoms with van der Waals surface area (Å²) in [6, 6.07) is 0. The van der Waals surface area contributed by atoms with E-state index in [9.17, 15) is 9.59 Å². The van der Waals surface area contributed by atoms with Crippen LogP contribution >= 0.6 is 22.5 Å². The maximum absolute atomic E-state index is 12.0. The molecule has 0 aromatic heterocycles. The van der Waals surface area contributed by atoms with E-state index in [0.29, 0.717) is 13.1 Å². The Bertz CT molecular complexity index is 363. The third-order valence-electron chi connectivity index (χ3n) is 3.33. The largest absolute Gasteiger partial charge is 0.465 e. The third kappa shape index (κ3) is 7.28. The van der Waals surface area contributed by atoms with Gasteiger partial charge in [0.15, 0.2) is 0 Å². The fourth-order valence-electron chi connectivity index (χ4n) is 1.52. The summed E-state index contributed by atoms with van der Waals surface area (Å²) in [6.07, 6.45) is -1.13. The van der Waals surface area contributed by atoms with Crippen molar-refractivity contribution in [1.29, 1.82) is 0 Å². The Morgan fingerprint density at radius 2 is 1.81 bits per heavy atom. The molecule has 3 N–H and O–H groups in total. The van der Waals surface area contributed by atoms with Crippen molar-refractivity contribution in [1.82, 2.24) is 15.5 Å². The zero-order chi connectivity index (χ0) is 16.7. The molecule has 0 aliphatic rings. The number of rotatable bonds is 9. The highest BCUT2D eigenvalue weighted by Crippen LogP contribution is 2.22. The fraction of sp³-hybridized carbons (Fsp3) is 0.846. The number of carboxylic acid groups (broad SMARTS) is 1. The number of hydrogen-bond donors (Lipinski definition) is 4. The summed E-state index contributed by atoms with van der Waals surface area (Å²) in [5.74, 6) is 0.630. The molecule has 0 radical (unpaired) electrons. The molecule has 0 atom stereocenters. The topological polar surface area (TPSA) is 81.7 Å². The zero-order valence-electron chi connectivity index (χ0n) is 13.4. The van der Waals surface area contributed by atoms with E-state index in [1.54, 1.807) is 13.8 Å². The molecule has 0 aromatic rings. The average molecular weight is 338 g/mol. The van der Waals surface area contributed by atoms with Gasteiger partial charge >= 0.3 is 6.09 Å². The summed E-state index contributed by atoms with van der Waals surface area (Å²) in [6.45, 7) is 9.38. The molecule has 6 nitrogen and oxygen atoms in total. The summed E-state index contributed by atoms with van der Waals surface area (Å²) in [7, 11) is 2.90. The highest BCUT2D eigenvalue weighted by Gasteiger charge is 2.34. The molecule has 0 aromatic carbocycles. The van der Waals surface area contributed by atoms with Gasteiger partial charge in [-0.05, 0) is 19.3 Å². The minimum atomic E-state index is -1.13. The van der Waals surface area contributed by atoms with Crippen molar-refractivity contribution in [3.63, 3.8) is 0 Å². The van der Waals surface area contributed by atoms with Crippen molar-refractivity contribution in [2.75, 3.05) is 32.4 Å². The smallest absolute Gasteiger partial charge is 0.407 e. The van der Waals surface area contributed by atoms with E-state index in [4.69, 9.17) is 5.11 Å². The first kappa shape index (κ1) is 20.4. The van der Waals surface area contributed by atoms with Crippen LogP contribution in [0.1, 0.15) is 27.7 Å². The van der Waals surface area contributed by atoms with Crippen LogP contribution in [0.3, 0.4) is 0 Å².